The zero-order chi connectivity index (χ0) is 18.4. The van der Waals surface area contributed by atoms with E-state index in [9.17, 15) is 4.79 Å². The van der Waals surface area contributed by atoms with E-state index in [1.54, 1.807) is 48.8 Å². The number of benzene rings is 1. The Kier molecular flexibility index (Phi) is 5.66. The minimum Gasteiger partial charge on any atom is -0.492 e. The van der Waals surface area contributed by atoms with Crippen LogP contribution in [0.15, 0.2) is 60.9 Å². The van der Waals surface area contributed by atoms with E-state index in [4.69, 9.17) is 9.47 Å². The van der Waals surface area contributed by atoms with Gasteiger partial charge in [-0.1, -0.05) is 0 Å². The summed E-state index contributed by atoms with van der Waals surface area (Å²) in [4.78, 5) is 21.7. The molecule has 6 nitrogen and oxygen atoms in total. The maximum Gasteiger partial charge on any atom is 0.230 e. The van der Waals surface area contributed by atoms with E-state index >= 15 is 0 Å². The highest BCUT2D eigenvalue weighted by Gasteiger charge is 2.16. The van der Waals surface area contributed by atoms with Crippen molar-refractivity contribution in [2.75, 3.05) is 27.2 Å². The van der Waals surface area contributed by atoms with Gasteiger partial charge < -0.3 is 19.4 Å². The number of ketones is 1. The Labute approximate surface area is 152 Å². The second kappa shape index (κ2) is 8.31. The van der Waals surface area contributed by atoms with Gasteiger partial charge in [0.2, 0.25) is 11.7 Å². The first kappa shape index (κ1) is 17.7. The Bertz CT molecular complexity index is 843. The third kappa shape index (κ3) is 4.49. The Balaban J connectivity index is 1.70. The first-order valence-electron chi connectivity index (χ1n) is 8.32. The van der Waals surface area contributed by atoms with Crippen LogP contribution in [0.1, 0.15) is 16.1 Å². The van der Waals surface area contributed by atoms with Gasteiger partial charge in [0, 0.05) is 18.9 Å². The summed E-state index contributed by atoms with van der Waals surface area (Å²) in [6, 6.07) is 14.2. The number of nitrogens with one attached hydrogen (secondary N) is 1. The number of pyridine rings is 1. The summed E-state index contributed by atoms with van der Waals surface area (Å²) in [5.74, 6) is 1.46. The van der Waals surface area contributed by atoms with Crippen molar-refractivity contribution in [1.82, 2.24) is 14.9 Å². The van der Waals surface area contributed by atoms with Crippen LogP contribution in [0.5, 0.6) is 17.4 Å². The average Bonchev–Trinajstić information content (AvgIpc) is 3.17. The second-order valence-corrected chi connectivity index (χ2v) is 5.99. The fraction of sp³-hybridized carbons (Fsp3) is 0.200. The van der Waals surface area contributed by atoms with Gasteiger partial charge in [-0.3, -0.25) is 4.79 Å². The van der Waals surface area contributed by atoms with E-state index < -0.39 is 0 Å². The normalized spacial score (nSPS) is 10.7. The molecule has 3 aromatic rings. The van der Waals surface area contributed by atoms with Crippen LogP contribution < -0.4 is 9.47 Å². The van der Waals surface area contributed by atoms with Gasteiger partial charge in [-0.25, -0.2) is 4.98 Å². The van der Waals surface area contributed by atoms with Crippen molar-refractivity contribution in [3.05, 3.63) is 72.2 Å². The van der Waals surface area contributed by atoms with Crippen LogP contribution in [0.2, 0.25) is 0 Å². The Hall–Kier alpha value is -3.12. The SMILES string of the molecule is CN(C)CCOc1ccc(Oc2ncccc2C(=O)c2ccc[nH]2)cc1. The first-order chi connectivity index (χ1) is 12.6. The standard InChI is InChI=1S/C20H21N3O3/c1-23(2)13-14-25-15-7-9-16(10-8-15)26-20-17(5-3-12-22-20)19(24)18-6-4-11-21-18/h3-12,21H,13-14H2,1-2H3. The van der Waals surface area contributed by atoms with E-state index in [0.29, 0.717) is 23.6 Å². The lowest BCUT2D eigenvalue weighted by atomic mass is 10.1. The summed E-state index contributed by atoms with van der Waals surface area (Å²) < 4.78 is 11.5. The summed E-state index contributed by atoms with van der Waals surface area (Å²) in [5, 5.41) is 0. The topological polar surface area (TPSA) is 67.5 Å². The number of rotatable bonds is 8. The molecule has 26 heavy (non-hydrogen) atoms. The third-order valence-corrected chi connectivity index (χ3v) is 3.70. The van der Waals surface area contributed by atoms with E-state index in [1.807, 2.05) is 26.2 Å². The van der Waals surface area contributed by atoms with Gasteiger partial charge in [0.25, 0.3) is 0 Å². The maximum absolute atomic E-state index is 12.6. The average molecular weight is 351 g/mol. The first-order valence-corrected chi connectivity index (χ1v) is 8.32. The Morgan fingerprint density at radius 1 is 1.08 bits per heavy atom. The largest absolute Gasteiger partial charge is 0.492 e. The lowest BCUT2D eigenvalue weighted by Gasteiger charge is -2.12. The molecule has 0 aliphatic carbocycles. The highest BCUT2D eigenvalue weighted by molar-refractivity contribution is 6.09. The molecule has 0 unspecified atom stereocenters. The summed E-state index contributed by atoms with van der Waals surface area (Å²) in [6.45, 7) is 1.46. The molecular weight excluding hydrogens is 330 g/mol. The number of ether oxygens (including phenoxy) is 2. The van der Waals surface area contributed by atoms with Crippen LogP contribution in [0, 0.1) is 0 Å². The molecule has 1 N–H and O–H groups in total. The molecule has 0 spiro atoms. The number of aromatic nitrogens is 2. The lowest BCUT2D eigenvalue weighted by molar-refractivity contribution is 0.103. The quantitative estimate of drug-likeness (QED) is 0.630. The number of likely N-dealkylation sites (N-methyl/N-ethyl adjacent to an activating group) is 1. The summed E-state index contributed by atoms with van der Waals surface area (Å²) in [7, 11) is 4.00. The van der Waals surface area contributed by atoms with Crippen molar-refractivity contribution >= 4 is 5.78 Å². The predicted molar refractivity (Wildman–Crippen MR) is 99.0 cm³/mol. The van der Waals surface area contributed by atoms with Gasteiger partial charge in [0.15, 0.2) is 0 Å². The van der Waals surface area contributed by atoms with Gasteiger partial charge in [-0.05, 0) is 62.6 Å². The molecule has 0 atom stereocenters. The zero-order valence-corrected chi connectivity index (χ0v) is 14.8. The molecule has 0 saturated heterocycles. The molecule has 0 aliphatic heterocycles. The van der Waals surface area contributed by atoms with Crippen molar-refractivity contribution in [2.24, 2.45) is 0 Å². The van der Waals surface area contributed by atoms with Crippen molar-refractivity contribution in [1.29, 1.82) is 0 Å². The van der Waals surface area contributed by atoms with Crippen molar-refractivity contribution in [3.8, 4) is 17.4 Å². The molecule has 2 aromatic heterocycles. The molecule has 3 rings (SSSR count). The number of carbonyl (C=O) groups excluding carboxylic acids is 1. The van der Waals surface area contributed by atoms with Crippen molar-refractivity contribution in [3.63, 3.8) is 0 Å². The molecule has 0 aliphatic rings. The molecular formula is C20H21N3O3. The summed E-state index contributed by atoms with van der Waals surface area (Å²) in [5.41, 5.74) is 0.897. The van der Waals surface area contributed by atoms with Crippen LogP contribution >= 0.6 is 0 Å². The molecule has 1 aromatic carbocycles. The molecule has 0 saturated carbocycles. The van der Waals surface area contributed by atoms with E-state index in [2.05, 4.69) is 14.9 Å². The molecule has 0 bridgehead atoms. The predicted octanol–water partition coefficient (Wildman–Crippen LogP) is 3.37. The highest BCUT2D eigenvalue weighted by Crippen LogP contribution is 2.26. The van der Waals surface area contributed by atoms with E-state index in [0.717, 1.165) is 12.3 Å². The van der Waals surface area contributed by atoms with Crippen LogP contribution in [-0.2, 0) is 0 Å². The summed E-state index contributed by atoms with van der Waals surface area (Å²) >= 11 is 0. The number of hydrogen-bond acceptors (Lipinski definition) is 5. The fourth-order valence-electron chi connectivity index (χ4n) is 2.32. The molecule has 134 valence electrons. The van der Waals surface area contributed by atoms with Crippen molar-refractivity contribution < 1.29 is 14.3 Å². The van der Waals surface area contributed by atoms with Crippen LogP contribution in [-0.4, -0.2) is 47.9 Å². The number of H-pyrrole nitrogens is 1. The van der Waals surface area contributed by atoms with Gasteiger partial charge in [0.05, 0.1) is 11.3 Å². The number of nitrogens with zero attached hydrogens (tertiary/aromatic N) is 2. The second-order valence-electron chi connectivity index (χ2n) is 5.99. The fourth-order valence-corrected chi connectivity index (χ4v) is 2.32. The van der Waals surface area contributed by atoms with E-state index in [-0.39, 0.29) is 11.7 Å². The number of aromatic amines is 1. The third-order valence-electron chi connectivity index (χ3n) is 3.70. The Morgan fingerprint density at radius 2 is 1.85 bits per heavy atom. The van der Waals surface area contributed by atoms with E-state index in [1.165, 1.54) is 0 Å². The number of carbonyl (C=O) groups is 1. The van der Waals surface area contributed by atoms with Gasteiger partial charge in [-0.15, -0.1) is 0 Å². The van der Waals surface area contributed by atoms with Crippen LogP contribution in [0.3, 0.4) is 0 Å². The molecule has 0 radical (unpaired) electrons. The van der Waals surface area contributed by atoms with Crippen LogP contribution in [0.25, 0.3) is 0 Å². The lowest BCUT2D eigenvalue weighted by Crippen LogP contribution is -2.19. The number of hydrogen-bond donors (Lipinski definition) is 1. The molecule has 0 amide bonds. The van der Waals surface area contributed by atoms with Gasteiger partial charge in [-0.2, -0.15) is 0 Å². The molecule has 0 fully saturated rings. The molecule has 6 heteroatoms. The monoisotopic (exact) mass is 351 g/mol. The minimum atomic E-state index is -0.165. The summed E-state index contributed by atoms with van der Waals surface area (Å²) in [6.07, 6.45) is 3.30. The zero-order valence-electron chi connectivity index (χ0n) is 14.8. The maximum atomic E-state index is 12.6. The molecule has 2 heterocycles. The smallest absolute Gasteiger partial charge is 0.230 e. The van der Waals surface area contributed by atoms with Gasteiger partial charge in [0.1, 0.15) is 18.1 Å². The Morgan fingerprint density at radius 3 is 2.54 bits per heavy atom. The minimum absolute atomic E-state index is 0.165. The van der Waals surface area contributed by atoms with Gasteiger partial charge >= 0.3 is 0 Å². The highest BCUT2D eigenvalue weighted by atomic mass is 16.5. The van der Waals surface area contributed by atoms with Crippen LogP contribution in [0.4, 0.5) is 0 Å². The van der Waals surface area contributed by atoms with Crippen molar-refractivity contribution in [2.45, 2.75) is 0 Å².